The smallest absolute Gasteiger partial charge is 0.319 e. The van der Waals surface area contributed by atoms with Crippen LogP contribution in [0.1, 0.15) is 50.5 Å². The van der Waals surface area contributed by atoms with Crippen LogP contribution < -0.4 is 15.4 Å². The van der Waals surface area contributed by atoms with Crippen molar-refractivity contribution >= 4 is 60.7 Å². The highest BCUT2D eigenvalue weighted by molar-refractivity contribution is 7.23. The van der Waals surface area contributed by atoms with Gasteiger partial charge < -0.3 is 20.3 Å². The molecule has 0 unspecified atom stereocenters. The van der Waals surface area contributed by atoms with Crippen molar-refractivity contribution in [1.29, 1.82) is 5.26 Å². The normalized spacial score (nSPS) is 24.6. The number of aromatic nitrogens is 2. The number of amides is 1. The fraction of sp³-hybridized carbons (Fsp3) is 0.500. The number of carbonyl (C=O) groups excluding carboxylic acids is 1. The fourth-order valence-electron chi connectivity index (χ4n) is 9.02. The summed E-state index contributed by atoms with van der Waals surface area (Å²) in [7, 11) is 0. The number of piperidine rings is 1. The van der Waals surface area contributed by atoms with Crippen LogP contribution in [-0.2, 0) is 4.79 Å². The predicted molar refractivity (Wildman–Crippen MR) is 186 cm³/mol. The number of carbonyl (C=O) groups is 1. The number of nitrogens with two attached hydrogens (primary N) is 1. The lowest BCUT2D eigenvalue weighted by atomic mass is 9.73. The molecule has 5 aliphatic rings. The number of thiophene rings is 1. The summed E-state index contributed by atoms with van der Waals surface area (Å²) < 4.78 is 53.1. The highest BCUT2D eigenvalue weighted by Crippen LogP contribution is 2.48. The minimum atomic E-state index is -0.940. The van der Waals surface area contributed by atoms with Gasteiger partial charge in [-0.2, -0.15) is 15.2 Å². The lowest BCUT2D eigenvalue weighted by Gasteiger charge is -2.55. The van der Waals surface area contributed by atoms with Gasteiger partial charge in [0.1, 0.15) is 41.0 Å². The Bertz CT molecular complexity index is 2130. The fourth-order valence-corrected chi connectivity index (χ4v) is 10.3. The molecule has 4 aromatic rings. The zero-order valence-electron chi connectivity index (χ0n) is 27.3. The first-order valence-corrected chi connectivity index (χ1v) is 18.4. The molecule has 1 aliphatic carbocycles. The van der Waals surface area contributed by atoms with Crippen LogP contribution in [0.25, 0.3) is 32.1 Å². The first kappa shape index (κ1) is 32.1. The van der Waals surface area contributed by atoms with E-state index in [1.54, 1.807) is 6.07 Å². The van der Waals surface area contributed by atoms with E-state index in [0.717, 1.165) is 56.4 Å². The van der Waals surface area contributed by atoms with E-state index < -0.39 is 23.3 Å². The Morgan fingerprint density at radius 1 is 1.16 bits per heavy atom. The molecule has 1 amide bonds. The molecule has 50 heavy (non-hydrogen) atoms. The van der Waals surface area contributed by atoms with Crippen molar-refractivity contribution < 1.29 is 22.7 Å². The number of ether oxygens (including phenoxy) is 1. The van der Waals surface area contributed by atoms with Gasteiger partial charge >= 0.3 is 6.01 Å². The summed E-state index contributed by atoms with van der Waals surface area (Å²) >= 11 is 7.83. The van der Waals surface area contributed by atoms with Gasteiger partial charge in [-0.3, -0.25) is 9.69 Å². The third kappa shape index (κ3) is 5.00. The molecule has 260 valence electrons. The van der Waals surface area contributed by atoms with E-state index in [2.05, 4.69) is 14.8 Å². The summed E-state index contributed by atoms with van der Waals surface area (Å²) in [6.45, 7) is 3.96. The van der Waals surface area contributed by atoms with E-state index in [1.807, 2.05) is 11.0 Å². The number of likely N-dealkylation sites (tertiary alicyclic amines) is 1. The highest BCUT2D eigenvalue weighted by atomic mass is 35.5. The summed E-state index contributed by atoms with van der Waals surface area (Å²) in [5.74, 6) is -0.460. The number of hydrogen-bond acceptors (Lipinski definition) is 9. The van der Waals surface area contributed by atoms with Crippen molar-refractivity contribution in [2.45, 2.75) is 56.7 Å². The highest BCUT2D eigenvalue weighted by Gasteiger charge is 2.51. The van der Waals surface area contributed by atoms with Crippen molar-refractivity contribution in [1.82, 2.24) is 19.8 Å². The SMILES string of the molecule is N#Cc1c(N)sc2c(F)ccc(-c3c(Cl)cc4c(N5CCCC6(CN(C(=O)C7CC7)C6)C5)nc(OC[C@@]56CCCN5C[C@H](F)C6)nc4c3F)c12. The second-order valence-corrected chi connectivity index (χ2v) is 16.3. The number of anilines is 2. The number of hydrogen-bond donors (Lipinski definition) is 1. The molecule has 14 heteroatoms. The van der Waals surface area contributed by atoms with Crippen LogP contribution >= 0.6 is 22.9 Å². The summed E-state index contributed by atoms with van der Waals surface area (Å²) in [6.07, 6.45) is 4.91. The minimum Gasteiger partial charge on any atom is -0.461 e. The quantitative estimate of drug-likeness (QED) is 0.235. The molecule has 2 N–H and O–H groups in total. The van der Waals surface area contributed by atoms with E-state index in [9.17, 15) is 18.8 Å². The Morgan fingerprint density at radius 3 is 2.74 bits per heavy atom. The van der Waals surface area contributed by atoms with E-state index in [-0.39, 0.29) is 72.2 Å². The van der Waals surface area contributed by atoms with Crippen molar-refractivity contribution in [3.63, 3.8) is 0 Å². The maximum Gasteiger partial charge on any atom is 0.319 e. The standard InChI is InChI=1S/C36H35ClF3N7O2S/c37-24-11-22-29(28(40)27(24)21-5-6-25(39)30-26(21)23(13-41)31(42)50-30)43-34(49-18-36-8-2-10-47(36)14-20(38)12-36)44-32(22)45-9-1-7-35(15-45)16-46(17-35)33(48)19-3-4-19/h5-6,11,19-20H,1-4,7-10,12,14-18,42H2/t20-,36+/m1/s1. The Hall–Kier alpha value is -3.86. The molecule has 2 aromatic carbocycles. The van der Waals surface area contributed by atoms with Gasteiger partial charge in [0.05, 0.1) is 20.8 Å². The molecule has 4 aliphatic heterocycles. The van der Waals surface area contributed by atoms with Crippen LogP contribution in [0.4, 0.5) is 24.0 Å². The Morgan fingerprint density at radius 2 is 1.96 bits per heavy atom. The number of benzene rings is 2. The Labute approximate surface area is 295 Å². The third-order valence-electron chi connectivity index (χ3n) is 11.5. The van der Waals surface area contributed by atoms with Gasteiger partial charge in [0, 0.05) is 66.8 Å². The van der Waals surface area contributed by atoms with Crippen LogP contribution in [0, 0.1) is 34.3 Å². The molecule has 4 saturated heterocycles. The van der Waals surface area contributed by atoms with Gasteiger partial charge in [0.2, 0.25) is 5.91 Å². The molecule has 0 radical (unpaired) electrons. The van der Waals surface area contributed by atoms with Gasteiger partial charge in [-0.05, 0) is 62.8 Å². The van der Waals surface area contributed by atoms with Crippen LogP contribution in [-0.4, -0.2) is 83.3 Å². The first-order valence-electron chi connectivity index (χ1n) is 17.2. The van der Waals surface area contributed by atoms with Crippen LogP contribution in [0.15, 0.2) is 18.2 Å². The zero-order chi connectivity index (χ0) is 34.5. The molecule has 6 heterocycles. The van der Waals surface area contributed by atoms with Gasteiger partial charge in [-0.1, -0.05) is 17.7 Å². The van der Waals surface area contributed by atoms with Gasteiger partial charge in [0.15, 0.2) is 5.82 Å². The number of nitrogens with zero attached hydrogens (tertiary/aromatic N) is 6. The number of halogens is 4. The van der Waals surface area contributed by atoms with Gasteiger partial charge in [0.25, 0.3) is 0 Å². The van der Waals surface area contributed by atoms with E-state index in [0.29, 0.717) is 50.3 Å². The predicted octanol–water partition coefficient (Wildman–Crippen LogP) is 6.69. The lowest BCUT2D eigenvalue weighted by Crippen LogP contribution is -2.64. The molecule has 1 spiro atoms. The van der Waals surface area contributed by atoms with Crippen molar-refractivity contribution in [3.8, 4) is 23.2 Å². The third-order valence-corrected chi connectivity index (χ3v) is 12.8. The molecule has 9 nitrogen and oxygen atoms in total. The number of nitrogen functional groups attached to an aromatic ring is 1. The monoisotopic (exact) mass is 721 g/mol. The molecule has 5 fully saturated rings. The summed E-state index contributed by atoms with van der Waals surface area (Å²) in [6, 6.07) is 6.26. The molecular weight excluding hydrogens is 687 g/mol. The van der Waals surface area contributed by atoms with E-state index in [1.165, 1.54) is 12.1 Å². The maximum atomic E-state index is 17.1. The van der Waals surface area contributed by atoms with Crippen LogP contribution in [0.2, 0.25) is 5.02 Å². The lowest BCUT2D eigenvalue weighted by molar-refractivity contribution is -0.145. The van der Waals surface area contributed by atoms with E-state index >= 15 is 4.39 Å². The molecule has 2 atom stereocenters. The van der Waals surface area contributed by atoms with Gasteiger partial charge in [-0.15, -0.1) is 11.3 Å². The number of alkyl halides is 1. The molecule has 2 aromatic heterocycles. The molecule has 0 bridgehead atoms. The minimum absolute atomic E-state index is 0.0243. The number of fused-ring (bicyclic) bond motifs is 3. The second-order valence-electron chi connectivity index (χ2n) is 14.9. The van der Waals surface area contributed by atoms with E-state index in [4.69, 9.17) is 27.1 Å². The summed E-state index contributed by atoms with van der Waals surface area (Å²) in [5, 5.41) is 10.7. The van der Waals surface area contributed by atoms with Crippen molar-refractivity contribution in [3.05, 3.63) is 40.4 Å². The average Bonchev–Trinajstić information content (AvgIpc) is 3.68. The molecular formula is C36H35ClF3N7O2S. The van der Waals surface area contributed by atoms with Crippen molar-refractivity contribution in [2.75, 3.05) is 56.5 Å². The topological polar surface area (TPSA) is 112 Å². The Balaban J connectivity index is 1.15. The summed E-state index contributed by atoms with van der Waals surface area (Å²) in [5.41, 5.74) is 5.75. The molecule has 9 rings (SSSR count). The number of rotatable bonds is 6. The maximum absolute atomic E-state index is 17.1. The first-order chi connectivity index (χ1) is 24.1. The average molecular weight is 722 g/mol. The Kier molecular flexibility index (Phi) is 7.43. The zero-order valence-corrected chi connectivity index (χ0v) is 28.9. The van der Waals surface area contributed by atoms with Gasteiger partial charge in [-0.25, -0.2) is 13.2 Å². The summed E-state index contributed by atoms with van der Waals surface area (Å²) in [4.78, 5) is 28.5. The van der Waals surface area contributed by atoms with Crippen molar-refractivity contribution in [2.24, 2.45) is 11.3 Å². The van der Waals surface area contributed by atoms with Crippen LogP contribution in [0.3, 0.4) is 0 Å². The molecule has 1 saturated carbocycles. The van der Waals surface area contributed by atoms with Crippen LogP contribution in [0.5, 0.6) is 6.01 Å². The number of nitriles is 1. The second kappa shape index (κ2) is 11.6. The largest absolute Gasteiger partial charge is 0.461 e.